The quantitative estimate of drug-likeness (QED) is 0.121. The number of rotatable bonds is 11. The van der Waals surface area contributed by atoms with Gasteiger partial charge in [0, 0.05) is 93.4 Å². The monoisotopic (exact) mass is 1030 g/mol. The largest absolute Gasteiger partial charge is 0.263 e. The van der Waals surface area contributed by atoms with Gasteiger partial charge in [-0.25, -0.2) is 0 Å². The van der Waals surface area contributed by atoms with E-state index in [0.717, 1.165) is 33.6 Å². The van der Waals surface area contributed by atoms with Crippen LogP contribution in [-0.2, 0) is 0 Å². The normalized spacial score (nSPS) is 15.2. The molecule has 0 radical (unpaired) electrons. The van der Waals surface area contributed by atoms with Crippen molar-refractivity contribution in [3.05, 3.63) is 312 Å². The van der Waals surface area contributed by atoms with Crippen LogP contribution in [0.1, 0.15) is 44.5 Å². The van der Waals surface area contributed by atoms with Gasteiger partial charge in [0.15, 0.2) is 0 Å². The minimum absolute atomic E-state index is 0.924. The third kappa shape index (κ3) is 7.70. The zero-order chi connectivity index (χ0) is 52.2. The molecule has 6 heterocycles. The molecule has 0 atom stereocenters. The third-order valence-corrected chi connectivity index (χ3v) is 26.3. The van der Waals surface area contributed by atoms with Gasteiger partial charge in [-0.05, 0) is 86.9 Å². The average molecular weight is 1030 g/mol. The van der Waals surface area contributed by atoms with Crippen molar-refractivity contribution in [2.75, 3.05) is 0 Å². The number of nitrogens with zero attached hydrogens (tertiary/aromatic N) is 4. The molecule has 78 heavy (non-hydrogen) atoms. The molecule has 4 aromatic heterocycles. The third-order valence-electron chi connectivity index (χ3n) is 16.8. The number of allylic oxidation sites excluding steroid dienone is 4. The maximum absolute atomic E-state index is 5.13. The van der Waals surface area contributed by atoms with E-state index in [0.29, 0.717) is 0 Å². The van der Waals surface area contributed by atoms with Gasteiger partial charge in [0.25, 0.3) is 0 Å². The minimum Gasteiger partial charge on any atom is -0.263 e. The Bertz CT molecular complexity index is 3860. The highest BCUT2D eigenvalue weighted by molar-refractivity contribution is 7.18. The van der Waals surface area contributed by atoms with Crippen molar-refractivity contribution in [3.63, 3.8) is 0 Å². The first-order valence-corrected chi connectivity index (χ1v) is 32.4. The molecule has 4 nitrogen and oxygen atoms in total. The van der Waals surface area contributed by atoms with Crippen LogP contribution in [0.5, 0.6) is 0 Å². The van der Waals surface area contributed by atoms with Crippen LogP contribution >= 0.6 is 0 Å². The Kier molecular flexibility index (Phi) is 11.8. The van der Waals surface area contributed by atoms with E-state index in [1.54, 1.807) is 0 Å². The van der Waals surface area contributed by atoms with Gasteiger partial charge in [0.1, 0.15) is 16.1 Å². The van der Waals surface area contributed by atoms with E-state index in [2.05, 4.69) is 256 Å². The van der Waals surface area contributed by atoms with Crippen LogP contribution in [0.4, 0.5) is 0 Å². The molecule has 0 saturated carbocycles. The zero-order valence-corrected chi connectivity index (χ0v) is 45.6. The second kappa shape index (κ2) is 19.4. The molecule has 370 valence electrons. The fraction of sp³-hybridized carbons (Fsp3) is 0.0556. The fourth-order valence-corrected chi connectivity index (χ4v) is 25.4. The summed E-state index contributed by atoms with van der Waals surface area (Å²) in [5, 5.41) is 15.0. The summed E-state index contributed by atoms with van der Waals surface area (Å²) < 4.78 is 0. The van der Waals surface area contributed by atoms with E-state index in [-0.39, 0.29) is 0 Å². The van der Waals surface area contributed by atoms with Crippen LogP contribution in [0.15, 0.2) is 268 Å². The van der Waals surface area contributed by atoms with Crippen LogP contribution in [0.3, 0.4) is 0 Å². The molecule has 0 bridgehead atoms. The minimum atomic E-state index is -3.10. The summed E-state index contributed by atoms with van der Waals surface area (Å²) in [6, 6.07) is 82.1. The van der Waals surface area contributed by atoms with Gasteiger partial charge in [-0.2, -0.15) is 0 Å². The Morgan fingerprint density at radius 2 is 0.449 bits per heavy atom. The Morgan fingerprint density at radius 1 is 0.244 bits per heavy atom. The zero-order valence-electron chi connectivity index (χ0n) is 43.6. The first-order chi connectivity index (χ1) is 38.5. The topological polar surface area (TPSA) is 51.6 Å². The number of fused-ring (bicyclic) bond motifs is 4. The lowest BCUT2D eigenvalue weighted by Gasteiger charge is -2.37. The standard InChI is InChI=1S/C72H54N4Si2/c1-77(69(61-45-73-41-53-31-15-19-35-57(53)61)65(49-23-7-3-8-24-49)66(50-25-9-4-10-26-50)70(77)62-46-74-42-54-32-16-20-36-58(54)62)39-40-78(2)71(63-47-75-43-55-33-17-21-37-59(55)63)67(51-27-11-5-12-28-51)68(52-29-13-6-14-30-52)72(78)64-48-76-44-56-34-18-22-38-60(56)64/h3-38,41-48H,39-40H2,1-2H3. The van der Waals surface area contributed by atoms with Gasteiger partial charge in [0.05, 0.1) is 0 Å². The van der Waals surface area contributed by atoms with E-state index in [9.17, 15) is 0 Å². The van der Waals surface area contributed by atoms with Crippen LogP contribution in [0.2, 0.25) is 25.2 Å². The Balaban J connectivity index is 1.13. The second-order valence-corrected chi connectivity index (χ2v) is 29.6. The Morgan fingerprint density at radius 3 is 0.679 bits per heavy atom. The number of pyridine rings is 4. The highest BCUT2D eigenvalue weighted by Crippen LogP contribution is 2.63. The van der Waals surface area contributed by atoms with Crippen molar-refractivity contribution in [2.24, 2.45) is 0 Å². The molecule has 2 aliphatic heterocycles. The molecule has 0 aliphatic carbocycles. The Labute approximate surface area is 457 Å². The summed E-state index contributed by atoms with van der Waals surface area (Å²) in [5.74, 6) is 0. The van der Waals surface area contributed by atoms with Gasteiger partial charge < -0.3 is 0 Å². The predicted molar refractivity (Wildman–Crippen MR) is 333 cm³/mol. The van der Waals surface area contributed by atoms with Crippen LogP contribution in [0.25, 0.3) is 86.2 Å². The van der Waals surface area contributed by atoms with Crippen molar-refractivity contribution < 1.29 is 0 Å². The molecule has 0 spiro atoms. The number of hydrogen-bond donors (Lipinski definition) is 0. The molecular formula is C72H54N4Si2. The molecule has 0 amide bonds. The number of hydrogen-bond acceptors (Lipinski definition) is 4. The van der Waals surface area contributed by atoms with Crippen molar-refractivity contribution >= 4 is 102 Å². The molecule has 12 aromatic rings. The highest BCUT2D eigenvalue weighted by atomic mass is 28.3. The molecule has 0 unspecified atom stereocenters. The van der Waals surface area contributed by atoms with Crippen LogP contribution in [-0.4, -0.2) is 36.1 Å². The summed E-state index contributed by atoms with van der Waals surface area (Å²) in [7, 11) is -6.20. The van der Waals surface area contributed by atoms with Gasteiger partial charge in [-0.3, -0.25) is 19.9 Å². The molecule has 14 rings (SSSR count). The van der Waals surface area contributed by atoms with E-state index >= 15 is 0 Å². The van der Waals surface area contributed by atoms with Crippen LogP contribution < -0.4 is 0 Å². The van der Waals surface area contributed by atoms with E-state index in [1.807, 2.05) is 24.8 Å². The lowest BCUT2D eigenvalue weighted by Crippen LogP contribution is -2.40. The summed E-state index contributed by atoms with van der Waals surface area (Å²) in [4.78, 5) is 20.5. The second-order valence-electron chi connectivity index (χ2n) is 21.3. The van der Waals surface area contributed by atoms with Gasteiger partial charge in [-0.1, -0.05) is 244 Å². The highest BCUT2D eigenvalue weighted by Gasteiger charge is 2.53. The molecule has 6 heteroatoms. The SMILES string of the molecule is C[Si]1(CC[Si]2(C)C(c3cncc4ccccc34)=C(c3ccccc3)C(c3ccccc3)=C2c2cncc3ccccc23)C(c2cncc3ccccc23)=C(c2ccccc2)C(c2ccccc2)=C1c1cncc2ccccc12. The van der Waals surface area contributed by atoms with E-state index < -0.39 is 16.1 Å². The van der Waals surface area contributed by atoms with Crippen molar-refractivity contribution in [2.45, 2.75) is 25.2 Å². The van der Waals surface area contributed by atoms with Crippen molar-refractivity contribution in [1.82, 2.24) is 19.9 Å². The van der Waals surface area contributed by atoms with Crippen molar-refractivity contribution in [1.29, 1.82) is 0 Å². The molecule has 0 saturated heterocycles. The summed E-state index contributed by atoms with van der Waals surface area (Å²) in [6.07, 6.45) is 16.8. The lowest BCUT2D eigenvalue weighted by molar-refractivity contribution is 1.31. The average Bonchev–Trinajstić information content (AvgIpc) is 4.18. The van der Waals surface area contributed by atoms with Gasteiger partial charge in [-0.15, -0.1) is 0 Å². The maximum atomic E-state index is 5.13. The summed E-state index contributed by atoms with van der Waals surface area (Å²) in [6.45, 7) is 5.38. The number of benzene rings is 8. The summed E-state index contributed by atoms with van der Waals surface area (Å²) in [5.41, 5.74) is 14.8. The van der Waals surface area contributed by atoms with E-state index in [4.69, 9.17) is 19.9 Å². The van der Waals surface area contributed by atoms with Gasteiger partial charge >= 0.3 is 0 Å². The maximum Gasteiger partial charge on any atom is 0.118 e. The lowest BCUT2D eigenvalue weighted by atomic mass is 9.88. The molecule has 0 N–H and O–H groups in total. The Hall–Kier alpha value is -9.21. The van der Waals surface area contributed by atoms with Crippen LogP contribution in [0, 0.1) is 0 Å². The molecular weight excluding hydrogens is 977 g/mol. The molecule has 8 aromatic carbocycles. The smallest absolute Gasteiger partial charge is 0.118 e. The van der Waals surface area contributed by atoms with Gasteiger partial charge in [0.2, 0.25) is 0 Å². The first-order valence-electron chi connectivity index (χ1n) is 27.0. The molecule has 2 aliphatic rings. The fourth-order valence-electron chi connectivity index (χ4n) is 13.4. The van der Waals surface area contributed by atoms with Crippen molar-refractivity contribution in [3.8, 4) is 0 Å². The summed E-state index contributed by atoms with van der Waals surface area (Å²) >= 11 is 0. The molecule has 0 fully saturated rings. The first kappa shape index (κ1) is 47.3. The number of aromatic nitrogens is 4. The predicted octanol–water partition coefficient (Wildman–Crippen LogP) is 18.0. The van der Waals surface area contributed by atoms with E-state index in [1.165, 1.54) is 109 Å².